The minimum Gasteiger partial charge on any atom is -0.396 e. The predicted octanol–water partition coefficient (Wildman–Crippen LogP) is 1.51. The number of nitrogens with two attached hydrogens (primary N) is 1. The van der Waals surface area contributed by atoms with Crippen LogP contribution >= 0.6 is 0 Å². The molecule has 4 nitrogen and oxygen atoms in total. The first kappa shape index (κ1) is 15.4. The number of rotatable bonds is 5. The van der Waals surface area contributed by atoms with Gasteiger partial charge in [-0.3, -0.25) is 4.79 Å². The molecule has 1 heterocycles. The molecule has 4 heteroatoms. The van der Waals surface area contributed by atoms with Crippen LogP contribution < -0.4 is 5.73 Å². The third-order valence-corrected chi connectivity index (χ3v) is 3.90. The summed E-state index contributed by atoms with van der Waals surface area (Å²) in [5, 5.41) is 8.88. The molecule has 0 radical (unpaired) electrons. The summed E-state index contributed by atoms with van der Waals surface area (Å²) in [6.45, 7) is 7.26. The lowest BCUT2D eigenvalue weighted by Crippen LogP contribution is -2.43. The van der Waals surface area contributed by atoms with Gasteiger partial charge < -0.3 is 15.7 Å². The second kappa shape index (κ2) is 6.53. The molecule has 1 aliphatic rings. The van der Waals surface area contributed by atoms with Crippen molar-refractivity contribution in [2.24, 2.45) is 11.1 Å². The zero-order valence-electron chi connectivity index (χ0n) is 12.0. The zero-order chi connectivity index (χ0) is 13.8. The van der Waals surface area contributed by atoms with Crippen LogP contribution in [0.5, 0.6) is 0 Å². The van der Waals surface area contributed by atoms with Gasteiger partial charge in [0, 0.05) is 31.7 Å². The van der Waals surface area contributed by atoms with Crippen LogP contribution in [0.3, 0.4) is 0 Å². The van der Waals surface area contributed by atoms with Crippen LogP contribution in [0.1, 0.15) is 52.9 Å². The Hall–Kier alpha value is -0.610. The van der Waals surface area contributed by atoms with Gasteiger partial charge in [0.15, 0.2) is 0 Å². The normalized spacial score (nSPS) is 22.3. The van der Waals surface area contributed by atoms with Gasteiger partial charge >= 0.3 is 0 Å². The second-order valence-electron chi connectivity index (χ2n) is 6.43. The maximum atomic E-state index is 12.3. The molecule has 106 valence electrons. The number of hydrogen-bond donors (Lipinski definition) is 2. The summed E-state index contributed by atoms with van der Waals surface area (Å²) in [6, 6.07) is 0.223. The van der Waals surface area contributed by atoms with E-state index in [1.807, 2.05) is 4.90 Å². The Morgan fingerprint density at radius 1 is 1.50 bits per heavy atom. The van der Waals surface area contributed by atoms with Crippen LogP contribution in [0.25, 0.3) is 0 Å². The third-order valence-electron chi connectivity index (χ3n) is 3.90. The molecule has 1 aliphatic heterocycles. The average Bonchev–Trinajstić information content (AvgIpc) is 2.72. The lowest BCUT2D eigenvalue weighted by atomic mass is 9.85. The van der Waals surface area contributed by atoms with E-state index in [0.717, 1.165) is 32.2 Å². The number of hydrogen-bond acceptors (Lipinski definition) is 3. The molecular weight excluding hydrogens is 228 g/mol. The molecule has 18 heavy (non-hydrogen) atoms. The van der Waals surface area contributed by atoms with E-state index < -0.39 is 0 Å². The second-order valence-corrected chi connectivity index (χ2v) is 6.43. The van der Waals surface area contributed by atoms with Crippen molar-refractivity contribution in [1.82, 2.24) is 4.90 Å². The molecular formula is C14H28N2O2. The number of amides is 1. The lowest BCUT2D eigenvalue weighted by molar-refractivity contribution is -0.133. The summed E-state index contributed by atoms with van der Waals surface area (Å²) in [5.41, 5.74) is 6.05. The lowest BCUT2D eigenvalue weighted by Gasteiger charge is -2.30. The topological polar surface area (TPSA) is 66.6 Å². The van der Waals surface area contributed by atoms with Gasteiger partial charge in [-0.2, -0.15) is 0 Å². The number of carbonyl (C=O) groups excluding carboxylic acids is 1. The van der Waals surface area contributed by atoms with Crippen LogP contribution in [0.15, 0.2) is 0 Å². The highest BCUT2D eigenvalue weighted by atomic mass is 16.3. The summed E-state index contributed by atoms with van der Waals surface area (Å²) in [6.07, 6.45) is 4.26. The molecule has 0 aromatic carbocycles. The summed E-state index contributed by atoms with van der Waals surface area (Å²) < 4.78 is 0. The number of aliphatic hydroxyl groups is 1. The van der Waals surface area contributed by atoms with Gasteiger partial charge in [-0.1, -0.05) is 20.8 Å². The van der Waals surface area contributed by atoms with Crippen molar-refractivity contribution in [1.29, 1.82) is 0 Å². The van der Waals surface area contributed by atoms with Gasteiger partial charge in [0.25, 0.3) is 0 Å². The van der Waals surface area contributed by atoms with Crippen molar-refractivity contribution in [3.8, 4) is 0 Å². The maximum absolute atomic E-state index is 12.3. The molecule has 3 N–H and O–H groups in total. The van der Waals surface area contributed by atoms with Gasteiger partial charge in [-0.15, -0.1) is 0 Å². The fraction of sp³-hybridized carbons (Fsp3) is 0.929. The molecule has 0 aromatic rings. The molecule has 1 fully saturated rings. The Bertz CT molecular complexity index is 273. The van der Waals surface area contributed by atoms with Gasteiger partial charge in [0.2, 0.25) is 5.91 Å². The largest absolute Gasteiger partial charge is 0.396 e. The van der Waals surface area contributed by atoms with Gasteiger partial charge in [-0.05, 0) is 31.1 Å². The maximum Gasteiger partial charge on any atom is 0.224 e. The Morgan fingerprint density at radius 3 is 2.72 bits per heavy atom. The van der Waals surface area contributed by atoms with Crippen molar-refractivity contribution in [3.63, 3.8) is 0 Å². The van der Waals surface area contributed by atoms with E-state index in [2.05, 4.69) is 20.8 Å². The number of aliphatic hydroxyl groups excluding tert-OH is 1. The Labute approximate surface area is 111 Å². The summed E-state index contributed by atoms with van der Waals surface area (Å²) in [5.74, 6) is 0.179. The molecule has 0 aromatic heterocycles. The standard InChI is InChI=1S/C14H28N2O2/c1-14(2,3)12(15)10-13(18)16-8-4-6-11(16)7-5-9-17/h11-12,17H,4-10,15H2,1-3H3. The van der Waals surface area contributed by atoms with Crippen LogP contribution in [0, 0.1) is 5.41 Å². The minimum atomic E-state index is -0.0934. The molecule has 1 amide bonds. The van der Waals surface area contributed by atoms with E-state index >= 15 is 0 Å². The quantitative estimate of drug-likeness (QED) is 0.783. The van der Waals surface area contributed by atoms with E-state index in [4.69, 9.17) is 10.8 Å². The number of likely N-dealkylation sites (tertiary alicyclic amines) is 1. The summed E-state index contributed by atoms with van der Waals surface area (Å²) in [4.78, 5) is 14.2. The highest BCUT2D eigenvalue weighted by Gasteiger charge is 2.31. The first-order valence-electron chi connectivity index (χ1n) is 7.02. The average molecular weight is 256 g/mol. The minimum absolute atomic E-state index is 0.0318. The molecule has 0 spiro atoms. The zero-order valence-corrected chi connectivity index (χ0v) is 12.0. The van der Waals surface area contributed by atoms with Crippen molar-refractivity contribution in [3.05, 3.63) is 0 Å². The summed E-state index contributed by atoms with van der Waals surface area (Å²) >= 11 is 0. The monoisotopic (exact) mass is 256 g/mol. The third kappa shape index (κ3) is 4.25. The molecule has 0 bridgehead atoms. The van der Waals surface area contributed by atoms with Crippen LogP contribution in [0.2, 0.25) is 0 Å². The van der Waals surface area contributed by atoms with Gasteiger partial charge in [0.1, 0.15) is 0 Å². The molecule has 1 rings (SSSR count). The van der Waals surface area contributed by atoms with E-state index in [9.17, 15) is 4.79 Å². The smallest absolute Gasteiger partial charge is 0.224 e. The molecule has 2 unspecified atom stereocenters. The number of carbonyl (C=O) groups is 1. The highest BCUT2D eigenvalue weighted by molar-refractivity contribution is 5.77. The van der Waals surface area contributed by atoms with Gasteiger partial charge in [-0.25, -0.2) is 0 Å². The van der Waals surface area contributed by atoms with E-state index in [-0.39, 0.29) is 24.0 Å². The SMILES string of the molecule is CC(C)(C)C(N)CC(=O)N1CCCC1CCCO. The van der Waals surface area contributed by atoms with Crippen LogP contribution in [-0.4, -0.2) is 41.1 Å². The first-order chi connectivity index (χ1) is 8.36. The molecule has 0 aliphatic carbocycles. The van der Waals surface area contributed by atoms with E-state index in [1.54, 1.807) is 0 Å². The molecule has 2 atom stereocenters. The molecule has 1 saturated heterocycles. The highest BCUT2D eigenvalue weighted by Crippen LogP contribution is 2.25. The van der Waals surface area contributed by atoms with Gasteiger partial charge in [0.05, 0.1) is 0 Å². The first-order valence-corrected chi connectivity index (χ1v) is 7.02. The fourth-order valence-electron chi connectivity index (χ4n) is 2.40. The molecule has 0 saturated carbocycles. The van der Waals surface area contributed by atoms with E-state index in [0.29, 0.717) is 12.5 Å². The Morgan fingerprint density at radius 2 is 2.17 bits per heavy atom. The van der Waals surface area contributed by atoms with Crippen molar-refractivity contribution < 1.29 is 9.90 Å². The summed E-state index contributed by atoms with van der Waals surface area (Å²) in [7, 11) is 0. The Kier molecular flexibility index (Phi) is 5.60. The fourth-order valence-corrected chi connectivity index (χ4v) is 2.40. The Balaban J connectivity index is 2.50. The van der Waals surface area contributed by atoms with E-state index in [1.165, 1.54) is 0 Å². The van der Waals surface area contributed by atoms with Crippen molar-refractivity contribution in [2.45, 2.75) is 65.0 Å². The van der Waals surface area contributed by atoms with Crippen molar-refractivity contribution >= 4 is 5.91 Å². The van der Waals surface area contributed by atoms with Crippen LogP contribution in [0.4, 0.5) is 0 Å². The predicted molar refractivity (Wildman–Crippen MR) is 73.1 cm³/mol. The van der Waals surface area contributed by atoms with Crippen LogP contribution in [-0.2, 0) is 4.79 Å². The van der Waals surface area contributed by atoms with Crippen molar-refractivity contribution in [2.75, 3.05) is 13.2 Å². The number of nitrogens with zero attached hydrogens (tertiary/aromatic N) is 1.